The number of hydrogen-bond donors (Lipinski definition) is 0. The van der Waals surface area contributed by atoms with E-state index in [1.54, 1.807) is 0 Å². The van der Waals surface area contributed by atoms with Crippen LogP contribution in [0.15, 0.2) is 226 Å². The molecular formula is C55H35N3O3. The van der Waals surface area contributed by atoms with Crippen molar-refractivity contribution in [3.8, 4) is 5.69 Å². The highest BCUT2D eigenvalue weighted by molar-refractivity contribution is 6.13. The van der Waals surface area contributed by atoms with Crippen molar-refractivity contribution in [3.63, 3.8) is 0 Å². The van der Waals surface area contributed by atoms with Gasteiger partial charge in [-0.2, -0.15) is 0 Å². The molecule has 0 spiro atoms. The maximum Gasteiger partial charge on any atom is 0.200 e. The summed E-state index contributed by atoms with van der Waals surface area (Å²) < 4.78 is 14.9. The molecule has 0 saturated carbocycles. The average Bonchev–Trinajstić information content (AvgIpc) is 3.85. The van der Waals surface area contributed by atoms with E-state index >= 15 is 0 Å². The normalized spacial score (nSPS) is 11.7. The molecule has 61 heavy (non-hydrogen) atoms. The van der Waals surface area contributed by atoms with Crippen molar-refractivity contribution < 1.29 is 8.83 Å². The second-order valence-corrected chi connectivity index (χ2v) is 15.3. The molecule has 6 nitrogen and oxygen atoms in total. The Morgan fingerprint density at radius 2 is 0.738 bits per heavy atom. The molecule has 12 rings (SSSR count). The lowest BCUT2D eigenvalue weighted by atomic mass is 10.1. The van der Waals surface area contributed by atoms with E-state index in [0.29, 0.717) is 27.5 Å². The Kier molecular flexibility index (Phi) is 7.90. The molecule has 0 N–H and O–H groups in total. The molecule has 0 aliphatic carbocycles. The maximum absolute atomic E-state index is 14.5. The molecule has 9 aromatic carbocycles. The van der Waals surface area contributed by atoms with Gasteiger partial charge in [0, 0.05) is 61.4 Å². The molecule has 0 atom stereocenters. The molecule has 0 aliphatic rings. The first-order chi connectivity index (χ1) is 30.2. The summed E-state index contributed by atoms with van der Waals surface area (Å²) in [6, 6.07) is 72.8. The lowest BCUT2D eigenvalue weighted by Crippen LogP contribution is -2.09. The fourth-order valence-corrected chi connectivity index (χ4v) is 8.96. The van der Waals surface area contributed by atoms with Crippen LogP contribution in [0.5, 0.6) is 0 Å². The van der Waals surface area contributed by atoms with Crippen LogP contribution in [-0.2, 0) is 0 Å². The smallest absolute Gasteiger partial charge is 0.200 e. The molecule has 0 unspecified atom stereocenters. The van der Waals surface area contributed by atoms with E-state index in [9.17, 15) is 4.79 Å². The van der Waals surface area contributed by atoms with Gasteiger partial charge in [0.15, 0.2) is 0 Å². The Labute approximate surface area is 350 Å². The number of rotatable bonds is 7. The highest BCUT2D eigenvalue weighted by Gasteiger charge is 2.21. The highest BCUT2D eigenvalue weighted by Crippen LogP contribution is 2.43. The Morgan fingerprint density at radius 1 is 0.311 bits per heavy atom. The molecule has 12 aromatic rings. The van der Waals surface area contributed by atoms with Crippen LogP contribution in [-0.4, -0.2) is 4.57 Å². The number of furan rings is 1. The zero-order valence-corrected chi connectivity index (χ0v) is 32.8. The van der Waals surface area contributed by atoms with E-state index in [1.807, 2.05) is 78.9 Å². The third kappa shape index (κ3) is 5.69. The van der Waals surface area contributed by atoms with E-state index < -0.39 is 0 Å². The Hall–Kier alpha value is -8.35. The highest BCUT2D eigenvalue weighted by atomic mass is 16.3. The van der Waals surface area contributed by atoms with Gasteiger partial charge in [0.1, 0.15) is 22.3 Å². The Balaban J connectivity index is 1.10. The third-order valence-corrected chi connectivity index (χ3v) is 11.7. The number of para-hydroxylation sites is 5. The number of benzene rings is 9. The second-order valence-electron chi connectivity index (χ2n) is 15.3. The van der Waals surface area contributed by atoms with Gasteiger partial charge in [0.05, 0.1) is 21.8 Å². The van der Waals surface area contributed by atoms with Gasteiger partial charge in [-0.15, -0.1) is 0 Å². The topological polar surface area (TPSA) is 54.8 Å². The third-order valence-electron chi connectivity index (χ3n) is 11.7. The monoisotopic (exact) mass is 785 g/mol. The van der Waals surface area contributed by atoms with Gasteiger partial charge in [-0.1, -0.05) is 91.0 Å². The molecule has 0 saturated heterocycles. The number of hydrogen-bond acceptors (Lipinski definition) is 5. The van der Waals surface area contributed by atoms with Crippen molar-refractivity contribution in [2.75, 3.05) is 9.80 Å². The van der Waals surface area contributed by atoms with Crippen molar-refractivity contribution in [2.24, 2.45) is 0 Å². The zero-order chi connectivity index (χ0) is 40.4. The fourth-order valence-electron chi connectivity index (χ4n) is 8.96. The summed E-state index contributed by atoms with van der Waals surface area (Å²) in [5.41, 5.74) is 11.6. The number of aromatic nitrogens is 1. The molecular weight excluding hydrogens is 751 g/mol. The summed E-state index contributed by atoms with van der Waals surface area (Å²) in [6.45, 7) is 0. The van der Waals surface area contributed by atoms with Gasteiger partial charge in [0.2, 0.25) is 5.43 Å². The van der Waals surface area contributed by atoms with Crippen LogP contribution < -0.4 is 15.2 Å². The predicted octanol–water partition coefficient (Wildman–Crippen LogP) is 14.9. The molecule has 0 aliphatic heterocycles. The molecule has 288 valence electrons. The van der Waals surface area contributed by atoms with Gasteiger partial charge < -0.3 is 23.2 Å². The van der Waals surface area contributed by atoms with Crippen LogP contribution in [0.1, 0.15) is 0 Å². The van der Waals surface area contributed by atoms with Crippen LogP contribution in [0.3, 0.4) is 0 Å². The van der Waals surface area contributed by atoms with Crippen LogP contribution in [0.2, 0.25) is 0 Å². The minimum atomic E-state index is -0.103. The van der Waals surface area contributed by atoms with Gasteiger partial charge in [-0.25, -0.2) is 0 Å². The average molecular weight is 786 g/mol. The largest absolute Gasteiger partial charge is 0.456 e. The lowest BCUT2D eigenvalue weighted by Gasteiger charge is -2.26. The summed E-state index contributed by atoms with van der Waals surface area (Å²) in [4.78, 5) is 19.0. The number of nitrogens with zero attached hydrogens (tertiary/aromatic N) is 3. The molecule has 6 heteroatoms. The first kappa shape index (κ1) is 34.7. The summed E-state index contributed by atoms with van der Waals surface area (Å²) >= 11 is 0. The molecule has 3 heterocycles. The van der Waals surface area contributed by atoms with Crippen LogP contribution in [0.4, 0.5) is 34.1 Å². The summed E-state index contributed by atoms with van der Waals surface area (Å²) in [5, 5.41) is 5.04. The minimum absolute atomic E-state index is 0.103. The van der Waals surface area contributed by atoms with Crippen molar-refractivity contribution in [1.82, 2.24) is 4.57 Å². The second kappa shape index (κ2) is 13.9. The van der Waals surface area contributed by atoms with Gasteiger partial charge in [-0.05, 0) is 121 Å². The van der Waals surface area contributed by atoms with Gasteiger partial charge >= 0.3 is 0 Å². The summed E-state index contributed by atoms with van der Waals surface area (Å²) in [7, 11) is 0. The van der Waals surface area contributed by atoms with E-state index in [1.165, 1.54) is 0 Å². The van der Waals surface area contributed by atoms with Crippen molar-refractivity contribution >= 4 is 99.8 Å². The van der Waals surface area contributed by atoms with Crippen LogP contribution >= 0.6 is 0 Å². The molecule has 0 fully saturated rings. The van der Waals surface area contributed by atoms with E-state index in [2.05, 4.69) is 148 Å². The van der Waals surface area contributed by atoms with Crippen molar-refractivity contribution in [2.45, 2.75) is 0 Å². The SMILES string of the molecule is O=c1c2cc(-n3c4ccc(N(c5ccccc5)c5ccccc5)cc4c4cc(N(c5ccccc5)c5ccccc5)ccc43)ccc2oc2cc3c(cc12)oc1ccccc13. The first-order valence-electron chi connectivity index (χ1n) is 20.4. The first-order valence-corrected chi connectivity index (χ1v) is 20.4. The number of fused-ring (bicyclic) bond motifs is 8. The quantitative estimate of drug-likeness (QED) is 0.151. The molecule has 0 bridgehead atoms. The number of anilines is 6. The van der Waals surface area contributed by atoms with E-state index in [4.69, 9.17) is 8.83 Å². The van der Waals surface area contributed by atoms with Gasteiger partial charge in [-0.3, -0.25) is 4.79 Å². The van der Waals surface area contributed by atoms with E-state index in [0.717, 1.165) is 78.0 Å². The van der Waals surface area contributed by atoms with Crippen LogP contribution in [0.25, 0.3) is 71.4 Å². The molecule has 3 aromatic heterocycles. The van der Waals surface area contributed by atoms with Crippen molar-refractivity contribution in [1.29, 1.82) is 0 Å². The van der Waals surface area contributed by atoms with Crippen molar-refractivity contribution in [3.05, 3.63) is 223 Å². The van der Waals surface area contributed by atoms with Gasteiger partial charge in [0.25, 0.3) is 0 Å². The fraction of sp³-hybridized carbons (Fsp3) is 0. The van der Waals surface area contributed by atoms with E-state index in [-0.39, 0.29) is 5.43 Å². The standard InChI is InChI=1S/C55H35N3O3/c59-55-47-33-42(27-30-52(47)61-54-34-46-43-23-13-14-24-51(43)60-53(46)35-48(54)55)58-49-28-25-40(56(36-15-5-1-6-16-36)37-17-7-2-8-18-37)31-44(49)45-32-41(26-29-50(45)58)57(38-19-9-3-10-20-38)39-21-11-4-12-22-39/h1-35H. The molecule has 0 amide bonds. The predicted molar refractivity (Wildman–Crippen MR) is 251 cm³/mol. The maximum atomic E-state index is 14.5. The lowest BCUT2D eigenvalue weighted by molar-refractivity contribution is 0.657. The van der Waals surface area contributed by atoms with Crippen LogP contribution in [0, 0.1) is 0 Å². The summed E-state index contributed by atoms with van der Waals surface area (Å²) in [6.07, 6.45) is 0. The minimum Gasteiger partial charge on any atom is -0.456 e. The summed E-state index contributed by atoms with van der Waals surface area (Å²) in [5.74, 6) is 0. The zero-order valence-electron chi connectivity index (χ0n) is 32.8. The Bertz CT molecular complexity index is 3450. The Morgan fingerprint density at radius 3 is 1.26 bits per heavy atom. The molecule has 0 radical (unpaired) electrons.